The number of rotatable bonds is 7. The van der Waals surface area contributed by atoms with Crippen molar-refractivity contribution in [2.75, 3.05) is 0 Å². The summed E-state index contributed by atoms with van der Waals surface area (Å²) in [5, 5.41) is 9.95. The number of unbranched alkanes of at least 4 members (excludes halogenated alkanes) is 1. The molecule has 3 N–H and O–H groups in total. The van der Waals surface area contributed by atoms with Crippen LogP contribution in [0.5, 0.6) is 5.75 Å². The van der Waals surface area contributed by atoms with Gasteiger partial charge in [0.1, 0.15) is 5.75 Å². The van der Waals surface area contributed by atoms with Crippen LogP contribution in [0.1, 0.15) is 47.2 Å². The maximum Gasteiger partial charge on any atom is 0.251 e. The predicted molar refractivity (Wildman–Crippen MR) is 107 cm³/mol. The van der Waals surface area contributed by atoms with Crippen molar-refractivity contribution in [2.45, 2.75) is 39.7 Å². The first-order valence-corrected chi connectivity index (χ1v) is 9.24. The Labute approximate surface area is 159 Å². The first-order valence-electron chi connectivity index (χ1n) is 9.24. The second-order valence-electron chi connectivity index (χ2n) is 6.71. The van der Waals surface area contributed by atoms with E-state index < -0.39 is 5.91 Å². The number of amides is 1. The molecule has 2 aromatic heterocycles. The van der Waals surface area contributed by atoms with E-state index in [1.807, 2.05) is 31.2 Å². The number of pyridine rings is 1. The summed E-state index contributed by atoms with van der Waals surface area (Å²) < 4.78 is 2.14. The highest BCUT2D eigenvalue weighted by atomic mass is 16.3. The van der Waals surface area contributed by atoms with Crippen molar-refractivity contribution >= 4 is 5.91 Å². The normalized spacial score (nSPS) is 10.9. The Morgan fingerprint density at radius 3 is 2.67 bits per heavy atom. The number of hydrogen-bond acceptors (Lipinski definition) is 3. The van der Waals surface area contributed by atoms with Crippen molar-refractivity contribution in [2.24, 2.45) is 5.73 Å². The monoisotopic (exact) mass is 363 g/mol. The van der Waals surface area contributed by atoms with E-state index in [1.54, 1.807) is 24.4 Å². The van der Waals surface area contributed by atoms with E-state index in [0.717, 1.165) is 47.5 Å². The molecule has 5 nitrogen and oxygen atoms in total. The second kappa shape index (κ2) is 8.08. The number of aromatic nitrogens is 2. The van der Waals surface area contributed by atoms with E-state index in [1.165, 1.54) is 0 Å². The van der Waals surface area contributed by atoms with Crippen LogP contribution in [0.25, 0.3) is 11.1 Å². The van der Waals surface area contributed by atoms with Crippen molar-refractivity contribution in [3.63, 3.8) is 0 Å². The molecular formula is C22H25N3O2. The molecule has 0 unspecified atom stereocenters. The molecule has 27 heavy (non-hydrogen) atoms. The minimum absolute atomic E-state index is 0.166. The average Bonchev–Trinajstić information content (AvgIpc) is 2.93. The number of nitrogens with two attached hydrogens (primary N) is 1. The van der Waals surface area contributed by atoms with Gasteiger partial charge in [-0.1, -0.05) is 31.5 Å². The molecule has 1 amide bonds. The van der Waals surface area contributed by atoms with E-state index in [-0.39, 0.29) is 5.75 Å². The Balaban J connectivity index is 2.23. The topological polar surface area (TPSA) is 81.1 Å². The number of carbonyl (C=O) groups is 1. The van der Waals surface area contributed by atoms with Crippen molar-refractivity contribution in [3.8, 4) is 16.9 Å². The van der Waals surface area contributed by atoms with Crippen LogP contribution in [0, 0.1) is 6.92 Å². The minimum atomic E-state index is -0.455. The zero-order chi connectivity index (χ0) is 19.4. The van der Waals surface area contributed by atoms with E-state index in [2.05, 4.69) is 16.5 Å². The molecule has 2 heterocycles. The highest BCUT2D eigenvalue weighted by Gasteiger charge is 2.24. The predicted octanol–water partition coefficient (Wildman–Crippen LogP) is 4.05. The molecule has 0 fully saturated rings. The molecule has 0 radical (unpaired) electrons. The van der Waals surface area contributed by atoms with Gasteiger partial charge >= 0.3 is 0 Å². The van der Waals surface area contributed by atoms with Crippen molar-refractivity contribution in [1.29, 1.82) is 0 Å². The Morgan fingerprint density at radius 1 is 1.22 bits per heavy atom. The van der Waals surface area contributed by atoms with Gasteiger partial charge in [-0.3, -0.25) is 9.78 Å². The highest BCUT2D eigenvalue weighted by Crippen LogP contribution is 2.35. The molecule has 0 spiro atoms. The van der Waals surface area contributed by atoms with Gasteiger partial charge in [0.2, 0.25) is 0 Å². The average molecular weight is 363 g/mol. The Kier molecular flexibility index (Phi) is 5.60. The smallest absolute Gasteiger partial charge is 0.251 e. The lowest BCUT2D eigenvalue weighted by Gasteiger charge is -2.13. The summed E-state index contributed by atoms with van der Waals surface area (Å²) in [6, 6.07) is 12.8. The maximum absolute atomic E-state index is 12.3. The summed E-state index contributed by atoms with van der Waals surface area (Å²) in [5.74, 6) is -0.289. The van der Waals surface area contributed by atoms with Crippen LogP contribution in [-0.2, 0) is 13.0 Å². The Morgan fingerprint density at radius 2 is 2.04 bits per heavy atom. The third-order valence-electron chi connectivity index (χ3n) is 4.83. The second-order valence-corrected chi connectivity index (χ2v) is 6.71. The van der Waals surface area contributed by atoms with Gasteiger partial charge in [0.25, 0.3) is 5.91 Å². The maximum atomic E-state index is 12.3. The fourth-order valence-electron chi connectivity index (χ4n) is 3.54. The van der Waals surface area contributed by atoms with E-state index >= 15 is 0 Å². The Hall–Kier alpha value is -3.08. The standard InChI is InChI=1S/C22H25N3O2/c1-3-4-11-19-21(16-8-7-10-18(26)13-16)20(22(23)27)15(2)25(19)14-17-9-5-6-12-24-17/h5-10,12-13,26H,3-4,11,14H2,1-2H3,(H2,23,27). The van der Waals surface area contributed by atoms with Crippen LogP contribution in [0.15, 0.2) is 48.7 Å². The number of nitrogens with zero attached hydrogens (tertiary/aromatic N) is 2. The van der Waals surface area contributed by atoms with Gasteiger partial charge in [-0.05, 0) is 49.6 Å². The summed E-state index contributed by atoms with van der Waals surface area (Å²) in [6.45, 7) is 4.64. The number of primary amides is 1. The van der Waals surface area contributed by atoms with Gasteiger partial charge in [0.05, 0.1) is 17.8 Å². The van der Waals surface area contributed by atoms with E-state index in [0.29, 0.717) is 12.1 Å². The summed E-state index contributed by atoms with van der Waals surface area (Å²) in [6.07, 6.45) is 4.63. The third-order valence-corrected chi connectivity index (χ3v) is 4.83. The number of phenols is 1. The number of benzene rings is 1. The van der Waals surface area contributed by atoms with Crippen LogP contribution in [0.2, 0.25) is 0 Å². The van der Waals surface area contributed by atoms with Crippen LogP contribution in [0.4, 0.5) is 0 Å². The van der Waals surface area contributed by atoms with Gasteiger partial charge in [0, 0.05) is 23.1 Å². The highest BCUT2D eigenvalue weighted by molar-refractivity contribution is 6.02. The van der Waals surface area contributed by atoms with Crippen LogP contribution in [0.3, 0.4) is 0 Å². The summed E-state index contributed by atoms with van der Waals surface area (Å²) in [5.41, 5.74) is 10.7. The molecule has 0 bridgehead atoms. The largest absolute Gasteiger partial charge is 0.508 e. The number of aromatic hydroxyl groups is 1. The quantitative estimate of drug-likeness (QED) is 0.664. The SMILES string of the molecule is CCCCc1c(-c2cccc(O)c2)c(C(N)=O)c(C)n1Cc1ccccn1. The fourth-order valence-corrected chi connectivity index (χ4v) is 3.54. The number of carbonyl (C=O) groups excluding carboxylic acids is 1. The van der Waals surface area contributed by atoms with Gasteiger partial charge in [-0.15, -0.1) is 0 Å². The molecule has 0 saturated heterocycles. The van der Waals surface area contributed by atoms with Crippen LogP contribution in [-0.4, -0.2) is 20.6 Å². The van der Waals surface area contributed by atoms with Gasteiger partial charge < -0.3 is 15.4 Å². The van der Waals surface area contributed by atoms with Crippen LogP contribution < -0.4 is 5.73 Å². The lowest BCUT2D eigenvalue weighted by molar-refractivity contribution is 0.1000. The Bertz CT molecular complexity index is 946. The molecule has 3 rings (SSSR count). The van der Waals surface area contributed by atoms with Gasteiger partial charge in [0.15, 0.2) is 0 Å². The lowest BCUT2D eigenvalue weighted by atomic mass is 9.97. The molecular weight excluding hydrogens is 338 g/mol. The minimum Gasteiger partial charge on any atom is -0.508 e. The van der Waals surface area contributed by atoms with Crippen LogP contribution >= 0.6 is 0 Å². The van der Waals surface area contributed by atoms with Crippen molar-refractivity contribution in [3.05, 3.63) is 71.3 Å². The molecule has 0 atom stereocenters. The first-order chi connectivity index (χ1) is 13.0. The van der Waals surface area contributed by atoms with Gasteiger partial charge in [-0.2, -0.15) is 0 Å². The number of phenolic OH excluding ortho intramolecular Hbond substituents is 1. The van der Waals surface area contributed by atoms with Crippen molar-refractivity contribution in [1.82, 2.24) is 9.55 Å². The molecule has 140 valence electrons. The molecule has 1 aromatic carbocycles. The number of hydrogen-bond donors (Lipinski definition) is 2. The van der Waals surface area contributed by atoms with E-state index in [9.17, 15) is 9.90 Å². The fraction of sp³-hybridized carbons (Fsp3) is 0.273. The van der Waals surface area contributed by atoms with Crippen molar-refractivity contribution < 1.29 is 9.90 Å². The zero-order valence-electron chi connectivity index (χ0n) is 15.8. The molecule has 0 saturated carbocycles. The third kappa shape index (κ3) is 3.87. The molecule has 0 aliphatic heterocycles. The van der Waals surface area contributed by atoms with E-state index in [4.69, 9.17) is 5.73 Å². The summed E-state index contributed by atoms with van der Waals surface area (Å²) >= 11 is 0. The summed E-state index contributed by atoms with van der Waals surface area (Å²) in [7, 11) is 0. The van der Waals surface area contributed by atoms with Gasteiger partial charge in [-0.25, -0.2) is 0 Å². The molecule has 0 aliphatic rings. The molecule has 5 heteroatoms. The summed E-state index contributed by atoms with van der Waals surface area (Å²) in [4.78, 5) is 16.8. The molecule has 3 aromatic rings. The lowest BCUT2D eigenvalue weighted by Crippen LogP contribution is -2.13. The zero-order valence-corrected chi connectivity index (χ0v) is 15.8. The molecule has 0 aliphatic carbocycles. The first kappa shape index (κ1) is 18.7.